The van der Waals surface area contributed by atoms with Crippen LogP contribution in [0.15, 0.2) is 0 Å². The third-order valence-electron chi connectivity index (χ3n) is 2.69. The van der Waals surface area contributed by atoms with Crippen molar-refractivity contribution in [2.24, 2.45) is 11.7 Å². The Bertz CT molecular complexity index is 122. The van der Waals surface area contributed by atoms with E-state index in [2.05, 4.69) is 0 Å². The van der Waals surface area contributed by atoms with Crippen LogP contribution in [0, 0.1) is 5.92 Å². The summed E-state index contributed by atoms with van der Waals surface area (Å²) in [7, 11) is 0. The zero-order chi connectivity index (χ0) is 8.97. The lowest BCUT2D eigenvalue weighted by Crippen LogP contribution is -2.29. The monoisotopic (exact) mass is 173 g/mol. The molecule has 0 bridgehead atoms. The Morgan fingerprint density at radius 3 is 2.33 bits per heavy atom. The van der Waals surface area contributed by atoms with E-state index in [4.69, 9.17) is 10.8 Å². The molecule has 12 heavy (non-hydrogen) atoms. The van der Waals surface area contributed by atoms with Gasteiger partial charge in [-0.3, -0.25) is 0 Å². The van der Waals surface area contributed by atoms with Gasteiger partial charge < -0.3 is 15.9 Å². The van der Waals surface area contributed by atoms with Gasteiger partial charge >= 0.3 is 0 Å². The van der Waals surface area contributed by atoms with Crippen molar-refractivity contribution in [3.05, 3.63) is 0 Å². The van der Waals surface area contributed by atoms with E-state index in [1.54, 1.807) is 0 Å². The van der Waals surface area contributed by atoms with Crippen LogP contribution in [0.4, 0.5) is 0 Å². The predicted molar refractivity (Wildman–Crippen MR) is 47.6 cm³/mol. The smallest absolute Gasteiger partial charge is 0.0582 e. The van der Waals surface area contributed by atoms with Crippen molar-refractivity contribution < 1.29 is 10.2 Å². The highest BCUT2D eigenvalue weighted by molar-refractivity contribution is 4.75. The summed E-state index contributed by atoms with van der Waals surface area (Å²) in [5.74, 6) is 0.621. The molecule has 0 unspecified atom stereocenters. The van der Waals surface area contributed by atoms with E-state index < -0.39 is 0 Å². The summed E-state index contributed by atoms with van der Waals surface area (Å²) >= 11 is 0. The summed E-state index contributed by atoms with van der Waals surface area (Å²) in [4.78, 5) is 0. The second-order valence-electron chi connectivity index (χ2n) is 3.85. The number of rotatable bonds is 3. The summed E-state index contributed by atoms with van der Waals surface area (Å²) < 4.78 is 0. The van der Waals surface area contributed by atoms with E-state index in [0.29, 0.717) is 5.92 Å². The van der Waals surface area contributed by atoms with Gasteiger partial charge in [0.2, 0.25) is 0 Å². The SMILES string of the molecule is N[C@@H](CO)CC1CCC(O)CC1. The highest BCUT2D eigenvalue weighted by Gasteiger charge is 2.20. The molecule has 1 fully saturated rings. The van der Waals surface area contributed by atoms with Crippen molar-refractivity contribution in [2.75, 3.05) is 6.61 Å². The zero-order valence-corrected chi connectivity index (χ0v) is 7.45. The molecule has 1 rings (SSSR count). The van der Waals surface area contributed by atoms with Gasteiger partial charge in [0.15, 0.2) is 0 Å². The fourth-order valence-corrected chi connectivity index (χ4v) is 1.88. The van der Waals surface area contributed by atoms with Gasteiger partial charge in [0.05, 0.1) is 12.7 Å². The quantitative estimate of drug-likeness (QED) is 0.573. The molecule has 3 heteroatoms. The summed E-state index contributed by atoms with van der Waals surface area (Å²) in [5.41, 5.74) is 5.63. The van der Waals surface area contributed by atoms with Gasteiger partial charge in [-0.2, -0.15) is 0 Å². The average Bonchev–Trinajstić information content (AvgIpc) is 2.09. The van der Waals surface area contributed by atoms with E-state index >= 15 is 0 Å². The molecule has 1 atom stereocenters. The molecule has 1 aliphatic carbocycles. The summed E-state index contributed by atoms with van der Waals surface area (Å²) in [6, 6.07) is -0.0646. The van der Waals surface area contributed by atoms with Crippen LogP contribution in [0.1, 0.15) is 32.1 Å². The van der Waals surface area contributed by atoms with Crippen molar-refractivity contribution in [1.29, 1.82) is 0 Å². The Hall–Kier alpha value is -0.120. The molecule has 0 amide bonds. The Labute approximate surface area is 73.6 Å². The molecule has 1 aliphatic rings. The number of nitrogens with two attached hydrogens (primary N) is 1. The summed E-state index contributed by atoms with van der Waals surface area (Å²) in [6.45, 7) is 0.0824. The Balaban J connectivity index is 2.17. The minimum atomic E-state index is -0.0911. The fraction of sp³-hybridized carbons (Fsp3) is 1.00. The standard InChI is InChI=1S/C9H19NO2/c10-8(6-11)5-7-1-3-9(12)4-2-7/h7-9,11-12H,1-6,10H2/t7?,8-,9?/m1/s1. The second-order valence-corrected chi connectivity index (χ2v) is 3.85. The van der Waals surface area contributed by atoms with Crippen LogP contribution in [-0.4, -0.2) is 29.0 Å². The number of aliphatic hydroxyl groups excluding tert-OH is 2. The van der Waals surface area contributed by atoms with Crippen molar-refractivity contribution in [3.63, 3.8) is 0 Å². The van der Waals surface area contributed by atoms with Crippen LogP contribution in [0.3, 0.4) is 0 Å². The van der Waals surface area contributed by atoms with Crippen LogP contribution >= 0.6 is 0 Å². The van der Waals surface area contributed by atoms with Crippen molar-refractivity contribution in [3.8, 4) is 0 Å². The molecular weight excluding hydrogens is 154 g/mol. The lowest BCUT2D eigenvalue weighted by molar-refractivity contribution is 0.102. The minimum absolute atomic E-state index is 0.0646. The van der Waals surface area contributed by atoms with Crippen LogP contribution < -0.4 is 5.73 Å². The second kappa shape index (κ2) is 4.80. The predicted octanol–water partition coefficient (Wildman–Crippen LogP) is 0.247. The van der Waals surface area contributed by atoms with Crippen molar-refractivity contribution in [2.45, 2.75) is 44.2 Å². The van der Waals surface area contributed by atoms with E-state index in [1.807, 2.05) is 0 Å². The van der Waals surface area contributed by atoms with Gasteiger partial charge in [-0.15, -0.1) is 0 Å². The fourth-order valence-electron chi connectivity index (χ4n) is 1.88. The third-order valence-corrected chi connectivity index (χ3v) is 2.69. The van der Waals surface area contributed by atoms with E-state index in [-0.39, 0.29) is 18.8 Å². The van der Waals surface area contributed by atoms with E-state index in [0.717, 1.165) is 32.1 Å². The lowest BCUT2D eigenvalue weighted by Gasteiger charge is -2.26. The first kappa shape index (κ1) is 9.96. The van der Waals surface area contributed by atoms with Crippen LogP contribution in [0.2, 0.25) is 0 Å². The molecule has 0 aromatic heterocycles. The van der Waals surface area contributed by atoms with Gasteiger partial charge in [0, 0.05) is 6.04 Å². The highest BCUT2D eigenvalue weighted by atomic mass is 16.3. The van der Waals surface area contributed by atoms with E-state index in [9.17, 15) is 5.11 Å². The normalized spacial score (nSPS) is 33.2. The topological polar surface area (TPSA) is 66.5 Å². The van der Waals surface area contributed by atoms with Crippen LogP contribution in [0.25, 0.3) is 0 Å². The highest BCUT2D eigenvalue weighted by Crippen LogP contribution is 2.27. The van der Waals surface area contributed by atoms with Crippen LogP contribution in [-0.2, 0) is 0 Å². The number of hydrogen-bond acceptors (Lipinski definition) is 3. The molecule has 3 nitrogen and oxygen atoms in total. The Morgan fingerprint density at radius 1 is 1.25 bits per heavy atom. The first-order valence-corrected chi connectivity index (χ1v) is 4.77. The third kappa shape index (κ3) is 3.09. The Morgan fingerprint density at radius 2 is 1.83 bits per heavy atom. The maximum atomic E-state index is 9.24. The van der Waals surface area contributed by atoms with Crippen molar-refractivity contribution >= 4 is 0 Å². The molecule has 0 spiro atoms. The molecule has 0 heterocycles. The number of aliphatic hydroxyl groups is 2. The zero-order valence-electron chi connectivity index (χ0n) is 7.45. The molecule has 0 radical (unpaired) electrons. The van der Waals surface area contributed by atoms with Crippen LogP contribution in [0.5, 0.6) is 0 Å². The number of hydrogen-bond donors (Lipinski definition) is 3. The maximum Gasteiger partial charge on any atom is 0.0582 e. The van der Waals surface area contributed by atoms with Gasteiger partial charge in [0.1, 0.15) is 0 Å². The van der Waals surface area contributed by atoms with Crippen molar-refractivity contribution in [1.82, 2.24) is 0 Å². The lowest BCUT2D eigenvalue weighted by atomic mass is 9.84. The molecule has 4 N–H and O–H groups in total. The van der Waals surface area contributed by atoms with Gasteiger partial charge in [0.25, 0.3) is 0 Å². The molecular formula is C9H19NO2. The van der Waals surface area contributed by atoms with Gasteiger partial charge in [-0.1, -0.05) is 0 Å². The molecule has 0 aromatic carbocycles. The first-order chi connectivity index (χ1) is 5.72. The molecule has 0 aromatic rings. The van der Waals surface area contributed by atoms with Gasteiger partial charge in [-0.25, -0.2) is 0 Å². The summed E-state index contributed by atoms with van der Waals surface area (Å²) in [6.07, 6.45) is 4.75. The maximum absolute atomic E-state index is 9.24. The largest absolute Gasteiger partial charge is 0.395 e. The molecule has 1 saturated carbocycles. The molecule has 0 aliphatic heterocycles. The van der Waals surface area contributed by atoms with E-state index in [1.165, 1.54) is 0 Å². The van der Waals surface area contributed by atoms with Gasteiger partial charge in [-0.05, 0) is 38.0 Å². The molecule has 0 saturated heterocycles. The Kier molecular flexibility index (Phi) is 3.98. The molecule has 72 valence electrons. The summed E-state index contributed by atoms with van der Waals surface area (Å²) in [5, 5.41) is 18.0. The minimum Gasteiger partial charge on any atom is -0.395 e. The first-order valence-electron chi connectivity index (χ1n) is 4.77. The average molecular weight is 173 g/mol.